The van der Waals surface area contributed by atoms with Crippen LogP contribution in [0.1, 0.15) is 24.6 Å². The van der Waals surface area contributed by atoms with Gasteiger partial charge in [0.25, 0.3) is 0 Å². The average molecular weight is 287 g/mol. The van der Waals surface area contributed by atoms with Crippen LogP contribution in [0.2, 0.25) is 0 Å². The number of carbonyl (C=O) groups is 1. The van der Waals surface area contributed by atoms with E-state index in [2.05, 4.69) is 4.90 Å². The molecule has 1 fully saturated rings. The number of hydrogen-bond donors (Lipinski definition) is 2. The van der Waals surface area contributed by atoms with E-state index >= 15 is 0 Å². The van der Waals surface area contributed by atoms with Crippen molar-refractivity contribution in [2.75, 3.05) is 19.6 Å². The van der Waals surface area contributed by atoms with Crippen molar-refractivity contribution in [3.8, 4) is 0 Å². The number of para-hydroxylation sites is 1. The summed E-state index contributed by atoms with van der Waals surface area (Å²) in [5, 5.41) is 1.07. The Hall–Kier alpha value is -1.85. The summed E-state index contributed by atoms with van der Waals surface area (Å²) in [5.74, 6) is 0.524. The lowest BCUT2D eigenvalue weighted by atomic mass is 9.97. The second kappa shape index (κ2) is 5.87. The molecule has 1 saturated heterocycles. The number of amides is 1. The minimum atomic E-state index is -0.211. The minimum Gasteiger partial charge on any atom is -0.459 e. The standard InChI is InChI=1S/C16H21N3O2/c17-13(10-19-7-3-5-12(9-19)16(18)20)15-8-11-4-1-2-6-14(11)21-15/h1-2,4,6,8,12-13H,3,5,7,9-10,17H2,(H2,18,20). The van der Waals surface area contributed by atoms with Crippen molar-refractivity contribution in [3.05, 3.63) is 36.1 Å². The normalized spacial score (nSPS) is 21.5. The van der Waals surface area contributed by atoms with Gasteiger partial charge in [-0.15, -0.1) is 0 Å². The average Bonchev–Trinajstić information content (AvgIpc) is 2.91. The van der Waals surface area contributed by atoms with E-state index in [1.54, 1.807) is 0 Å². The number of carbonyl (C=O) groups excluding carboxylic acids is 1. The molecular formula is C16H21N3O2. The summed E-state index contributed by atoms with van der Waals surface area (Å²) < 4.78 is 5.80. The fraction of sp³-hybridized carbons (Fsp3) is 0.438. The van der Waals surface area contributed by atoms with Gasteiger partial charge in [0.15, 0.2) is 0 Å². The van der Waals surface area contributed by atoms with Crippen molar-refractivity contribution in [1.29, 1.82) is 0 Å². The van der Waals surface area contributed by atoms with E-state index in [1.165, 1.54) is 0 Å². The van der Waals surface area contributed by atoms with E-state index in [1.807, 2.05) is 30.3 Å². The first-order valence-electron chi connectivity index (χ1n) is 7.39. The van der Waals surface area contributed by atoms with Gasteiger partial charge in [-0.05, 0) is 31.5 Å². The van der Waals surface area contributed by atoms with E-state index in [-0.39, 0.29) is 17.9 Å². The van der Waals surface area contributed by atoms with E-state index in [9.17, 15) is 4.79 Å². The molecule has 21 heavy (non-hydrogen) atoms. The molecule has 0 saturated carbocycles. The molecule has 0 bridgehead atoms. The molecule has 112 valence electrons. The first-order chi connectivity index (χ1) is 10.1. The van der Waals surface area contributed by atoms with Crippen LogP contribution in [0.25, 0.3) is 11.0 Å². The summed E-state index contributed by atoms with van der Waals surface area (Å²) in [5.41, 5.74) is 12.5. The van der Waals surface area contributed by atoms with Gasteiger partial charge < -0.3 is 20.8 Å². The van der Waals surface area contributed by atoms with Gasteiger partial charge in [0.1, 0.15) is 11.3 Å². The SMILES string of the molecule is NC(=O)C1CCCN(CC(N)c2cc3ccccc3o2)C1. The van der Waals surface area contributed by atoms with Crippen LogP contribution in [0.15, 0.2) is 34.7 Å². The summed E-state index contributed by atoms with van der Waals surface area (Å²) in [6, 6.07) is 9.69. The first kappa shape index (κ1) is 14.1. The van der Waals surface area contributed by atoms with Gasteiger partial charge in [0, 0.05) is 18.5 Å². The number of benzene rings is 1. The zero-order chi connectivity index (χ0) is 14.8. The van der Waals surface area contributed by atoms with Crippen molar-refractivity contribution >= 4 is 16.9 Å². The lowest BCUT2D eigenvalue weighted by molar-refractivity contribution is -0.123. The summed E-state index contributed by atoms with van der Waals surface area (Å²) >= 11 is 0. The summed E-state index contributed by atoms with van der Waals surface area (Å²) in [6.07, 6.45) is 1.87. The Balaban J connectivity index is 1.68. The molecule has 0 radical (unpaired) electrons. The Morgan fingerprint density at radius 3 is 3.00 bits per heavy atom. The molecule has 1 aromatic heterocycles. The molecule has 5 nitrogen and oxygen atoms in total. The number of primary amides is 1. The maximum Gasteiger partial charge on any atom is 0.221 e. The molecule has 1 aromatic carbocycles. The number of rotatable bonds is 4. The number of fused-ring (bicyclic) bond motifs is 1. The molecule has 1 aliphatic rings. The predicted molar refractivity (Wildman–Crippen MR) is 81.5 cm³/mol. The molecule has 2 atom stereocenters. The van der Waals surface area contributed by atoms with E-state index in [0.717, 1.165) is 36.1 Å². The molecule has 3 rings (SSSR count). The Morgan fingerprint density at radius 2 is 2.24 bits per heavy atom. The van der Waals surface area contributed by atoms with Crippen LogP contribution in [0, 0.1) is 5.92 Å². The summed E-state index contributed by atoms with van der Waals surface area (Å²) in [7, 11) is 0. The Morgan fingerprint density at radius 1 is 1.43 bits per heavy atom. The highest BCUT2D eigenvalue weighted by Crippen LogP contribution is 2.24. The Bertz CT molecular complexity index is 604. The molecule has 5 heteroatoms. The molecule has 2 unspecified atom stereocenters. The van der Waals surface area contributed by atoms with Crippen molar-refractivity contribution < 1.29 is 9.21 Å². The van der Waals surface area contributed by atoms with E-state index < -0.39 is 0 Å². The van der Waals surface area contributed by atoms with Crippen molar-refractivity contribution in [1.82, 2.24) is 4.90 Å². The van der Waals surface area contributed by atoms with Crippen LogP contribution in [-0.2, 0) is 4.79 Å². The number of hydrogen-bond acceptors (Lipinski definition) is 4. The second-order valence-corrected chi connectivity index (χ2v) is 5.79. The highest BCUT2D eigenvalue weighted by Gasteiger charge is 2.25. The summed E-state index contributed by atoms with van der Waals surface area (Å²) in [6.45, 7) is 2.34. The van der Waals surface area contributed by atoms with Crippen molar-refractivity contribution in [2.45, 2.75) is 18.9 Å². The fourth-order valence-corrected chi connectivity index (χ4v) is 3.01. The van der Waals surface area contributed by atoms with Gasteiger partial charge in [-0.2, -0.15) is 0 Å². The van der Waals surface area contributed by atoms with Crippen LogP contribution < -0.4 is 11.5 Å². The largest absolute Gasteiger partial charge is 0.459 e. The molecular weight excluding hydrogens is 266 g/mol. The molecule has 0 spiro atoms. The number of piperidine rings is 1. The topological polar surface area (TPSA) is 85.5 Å². The highest BCUT2D eigenvalue weighted by atomic mass is 16.3. The Labute approximate surface area is 123 Å². The lowest BCUT2D eigenvalue weighted by Crippen LogP contribution is -2.43. The maximum absolute atomic E-state index is 11.3. The number of nitrogens with zero attached hydrogens (tertiary/aromatic N) is 1. The fourth-order valence-electron chi connectivity index (χ4n) is 3.01. The van der Waals surface area contributed by atoms with E-state index in [4.69, 9.17) is 15.9 Å². The predicted octanol–water partition coefficient (Wildman–Crippen LogP) is 1.63. The molecule has 4 N–H and O–H groups in total. The van der Waals surface area contributed by atoms with Crippen LogP contribution >= 0.6 is 0 Å². The molecule has 1 aliphatic heterocycles. The van der Waals surface area contributed by atoms with Gasteiger partial charge >= 0.3 is 0 Å². The van der Waals surface area contributed by atoms with E-state index in [0.29, 0.717) is 13.1 Å². The van der Waals surface area contributed by atoms with Crippen LogP contribution in [0.4, 0.5) is 0 Å². The second-order valence-electron chi connectivity index (χ2n) is 5.79. The van der Waals surface area contributed by atoms with Gasteiger partial charge in [-0.1, -0.05) is 18.2 Å². The molecule has 2 aromatic rings. The third kappa shape index (κ3) is 3.09. The van der Waals surface area contributed by atoms with Crippen LogP contribution in [0.3, 0.4) is 0 Å². The van der Waals surface area contributed by atoms with Gasteiger partial charge in [-0.3, -0.25) is 4.79 Å². The number of furan rings is 1. The lowest BCUT2D eigenvalue weighted by Gasteiger charge is -2.32. The smallest absolute Gasteiger partial charge is 0.221 e. The van der Waals surface area contributed by atoms with Gasteiger partial charge in [0.2, 0.25) is 5.91 Å². The van der Waals surface area contributed by atoms with Gasteiger partial charge in [0.05, 0.1) is 12.0 Å². The summed E-state index contributed by atoms with van der Waals surface area (Å²) in [4.78, 5) is 13.5. The number of likely N-dealkylation sites (tertiary alicyclic amines) is 1. The van der Waals surface area contributed by atoms with Crippen molar-refractivity contribution in [2.24, 2.45) is 17.4 Å². The number of nitrogens with two attached hydrogens (primary N) is 2. The highest BCUT2D eigenvalue weighted by molar-refractivity contribution is 5.78. The molecule has 0 aliphatic carbocycles. The van der Waals surface area contributed by atoms with Crippen LogP contribution in [0.5, 0.6) is 0 Å². The zero-order valence-electron chi connectivity index (χ0n) is 12.0. The third-order valence-corrected chi connectivity index (χ3v) is 4.17. The monoisotopic (exact) mass is 287 g/mol. The van der Waals surface area contributed by atoms with Gasteiger partial charge in [-0.25, -0.2) is 0 Å². The van der Waals surface area contributed by atoms with Crippen molar-refractivity contribution in [3.63, 3.8) is 0 Å². The molecule has 2 heterocycles. The zero-order valence-corrected chi connectivity index (χ0v) is 12.0. The minimum absolute atomic E-state index is 0.0541. The maximum atomic E-state index is 11.3. The molecule has 1 amide bonds. The first-order valence-corrected chi connectivity index (χ1v) is 7.39. The quantitative estimate of drug-likeness (QED) is 0.895. The van der Waals surface area contributed by atoms with Crippen LogP contribution in [-0.4, -0.2) is 30.4 Å². The Kier molecular flexibility index (Phi) is 3.94. The third-order valence-electron chi connectivity index (χ3n) is 4.17.